The Kier molecular flexibility index (Phi) is 14.0. The highest BCUT2D eigenvalue weighted by Gasteiger charge is 2.25. The van der Waals surface area contributed by atoms with Crippen LogP contribution in [0.5, 0.6) is 0 Å². The second kappa shape index (κ2) is 14.9. The molecule has 12 heteroatoms. The van der Waals surface area contributed by atoms with Gasteiger partial charge in [-0.05, 0) is 41.5 Å². The van der Waals surface area contributed by atoms with Crippen LogP contribution in [0.1, 0.15) is 41.5 Å². The van der Waals surface area contributed by atoms with Crippen molar-refractivity contribution in [3.63, 3.8) is 0 Å². The minimum Gasteiger partial charge on any atom is -0.480 e. The first kappa shape index (κ1) is 30.9. The van der Waals surface area contributed by atoms with Crippen LogP contribution in [0.25, 0.3) is 0 Å². The minimum atomic E-state index is -1.14. The highest BCUT2D eigenvalue weighted by atomic mass is 32.2. The van der Waals surface area contributed by atoms with Gasteiger partial charge in [0.15, 0.2) is 0 Å². The van der Waals surface area contributed by atoms with E-state index in [2.05, 4.69) is 10.6 Å². The Hall–Kier alpha value is -2.08. The molecule has 0 heterocycles. The molecule has 0 saturated carbocycles. The van der Waals surface area contributed by atoms with Crippen LogP contribution >= 0.6 is 23.5 Å². The van der Waals surface area contributed by atoms with Gasteiger partial charge in [0.2, 0.25) is 0 Å². The standard InChI is InChI=1S/C21H36N2O8S2/c1-20(2,3)30-18(27)22-14(16(24)25)12-32-10-8-9-11-33-13-15(17(26)29-7)23-19(28)31-21(4,5)6/h8-9,14-15H,10-13H2,1-7H3,(H,22,27)(H,23,28)(H,24,25)/t14-,15-/m0/s1. The van der Waals surface area contributed by atoms with Crippen molar-refractivity contribution in [3.8, 4) is 0 Å². The van der Waals surface area contributed by atoms with Crippen LogP contribution in [0.3, 0.4) is 0 Å². The van der Waals surface area contributed by atoms with Gasteiger partial charge in [-0.15, -0.1) is 0 Å². The Morgan fingerprint density at radius 3 is 1.58 bits per heavy atom. The van der Waals surface area contributed by atoms with Crippen molar-refractivity contribution in [3.05, 3.63) is 12.2 Å². The number of carbonyl (C=O) groups excluding carboxylic acids is 3. The number of alkyl carbamates (subject to hydrolysis) is 2. The number of carboxylic acid groups (broad SMARTS) is 1. The molecule has 0 bridgehead atoms. The van der Waals surface area contributed by atoms with E-state index in [9.17, 15) is 24.3 Å². The van der Waals surface area contributed by atoms with E-state index in [0.717, 1.165) is 0 Å². The number of rotatable bonds is 12. The first-order valence-electron chi connectivity index (χ1n) is 10.2. The van der Waals surface area contributed by atoms with Crippen molar-refractivity contribution in [2.45, 2.75) is 64.8 Å². The highest BCUT2D eigenvalue weighted by molar-refractivity contribution is 7.99. The first-order chi connectivity index (χ1) is 15.1. The van der Waals surface area contributed by atoms with Gasteiger partial charge in [0, 0.05) is 23.0 Å². The summed E-state index contributed by atoms with van der Waals surface area (Å²) in [5.41, 5.74) is -1.39. The third-order valence-electron chi connectivity index (χ3n) is 3.33. The van der Waals surface area contributed by atoms with Crippen molar-refractivity contribution in [1.82, 2.24) is 10.6 Å². The fourth-order valence-electron chi connectivity index (χ4n) is 2.03. The van der Waals surface area contributed by atoms with Crippen molar-refractivity contribution in [2.75, 3.05) is 30.1 Å². The topological polar surface area (TPSA) is 140 Å². The molecule has 10 nitrogen and oxygen atoms in total. The van der Waals surface area contributed by atoms with Crippen LogP contribution in [0.2, 0.25) is 0 Å². The normalized spacial score (nSPS) is 13.7. The van der Waals surface area contributed by atoms with Crippen LogP contribution in [-0.2, 0) is 23.8 Å². The summed E-state index contributed by atoms with van der Waals surface area (Å²) in [6.07, 6.45) is 2.26. The molecule has 0 rings (SSSR count). The molecule has 0 saturated heterocycles. The summed E-state index contributed by atoms with van der Waals surface area (Å²) >= 11 is 2.75. The second-order valence-corrected chi connectivity index (χ2v) is 11.0. The van der Waals surface area contributed by atoms with E-state index < -0.39 is 47.4 Å². The Balaban J connectivity index is 4.35. The minimum absolute atomic E-state index is 0.177. The summed E-state index contributed by atoms with van der Waals surface area (Å²) in [4.78, 5) is 46.8. The maximum atomic E-state index is 11.9. The molecule has 33 heavy (non-hydrogen) atoms. The number of aliphatic carboxylic acids is 1. The highest BCUT2D eigenvalue weighted by Crippen LogP contribution is 2.11. The van der Waals surface area contributed by atoms with Gasteiger partial charge in [0.1, 0.15) is 23.3 Å². The number of amides is 2. The van der Waals surface area contributed by atoms with Gasteiger partial charge in [-0.1, -0.05) is 12.2 Å². The van der Waals surface area contributed by atoms with Crippen molar-refractivity contribution >= 4 is 47.6 Å². The monoisotopic (exact) mass is 508 g/mol. The van der Waals surface area contributed by atoms with Crippen LogP contribution < -0.4 is 10.6 Å². The summed E-state index contributed by atoms with van der Waals surface area (Å²) in [7, 11) is 1.25. The molecule has 2 atom stereocenters. The van der Waals surface area contributed by atoms with E-state index in [1.54, 1.807) is 41.5 Å². The fraction of sp³-hybridized carbons (Fsp3) is 0.714. The molecule has 2 amide bonds. The predicted molar refractivity (Wildman–Crippen MR) is 130 cm³/mol. The number of hydrogen-bond donors (Lipinski definition) is 3. The molecule has 0 aliphatic heterocycles. The number of esters is 1. The summed E-state index contributed by atoms with van der Waals surface area (Å²) in [6, 6.07) is -1.90. The van der Waals surface area contributed by atoms with E-state index in [1.807, 2.05) is 12.2 Å². The lowest BCUT2D eigenvalue weighted by Gasteiger charge is -2.22. The average Bonchev–Trinajstić information content (AvgIpc) is 2.64. The summed E-state index contributed by atoms with van der Waals surface area (Å²) < 4.78 is 15.0. The molecule has 0 unspecified atom stereocenters. The lowest BCUT2D eigenvalue weighted by molar-refractivity contribution is -0.142. The van der Waals surface area contributed by atoms with Crippen LogP contribution in [0, 0.1) is 0 Å². The van der Waals surface area contributed by atoms with E-state index in [0.29, 0.717) is 17.3 Å². The van der Waals surface area contributed by atoms with Crippen LogP contribution in [0.4, 0.5) is 9.59 Å². The van der Waals surface area contributed by atoms with E-state index in [-0.39, 0.29) is 5.75 Å². The lowest BCUT2D eigenvalue weighted by Crippen LogP contribution is -2.45. The van der Waals surface area contributed by atoms with Gasteiger partial charge < -0.3 is 30.0 Å². The Bertz CT molecular complexity index is 687. The number of thioether (sulfide) groups is 2. The molecule has 0 aromatic rings. The Morgan fingerprint density at radius 2 is 1.21 bits per heavy atom. The van der Waals surface area contributed by atoms with Crippen molar-refractivity contribution < 1.29 is 38.5 Å². The van der Waals surface area contributed by atoms with Crippen LogP contribution in [0.15, 0.2) is 12.2 Å². The van der Waals surface area contributed by atoms with Gasteiger partial charge >= 0.3 is 24.1 Å². The SMILES string of the molecule is COC(=O)[C@H](CSCC=CCSC[C@H](NC(=O)OC(C)(C)C)C(=O)O)NC(=O)OC(C)(C)C. The predicted octanol–water partition coefficient (Wildman–Crippen LogP) is 3.05. The average molecular weight is 509 g/mol. The summed E-state index contributed by atoms with van der Waals surface area (Å²) in [5.74, 6) is -0.121. The van der Waals surface area contributed by atoms with Crippen molar-refractivity contribution in [1.29, 1.82) is 0 Å². The zero-order valence-electron chi connectivity index (χ0n) is 20.3. The molecule has 0 radical (unpaired) electrons. The maximum Gasteiger partial charge on any atom is 0.408 e. The number of carbonyl (C=O) groups is 4. The van der Waals surface area contributed by atoms with Gasteiger partial charge in [-0.25, -0.2) is 19.2 Å². The second-order valence-electron chi connectivity index (χ2n) is 8.81. The molecule has 0 aromatic heterocycles. The van der Waals surface area contributed by atoms with Crippen LogP contribution in [-0.4, -0.2) is 82.6 Å². The number of ether oxygens (including phenoxy) is 3. The third-order valence-corrected chi connectivity index (χ3v) is 5.32. The van der Waals surface area contributed by atoms with E-state index >= 15 is 0 Å². The molecule has 0 aliphatic carbocycles. The third kappa shape index (κ3) is 17.1. The molecular weight excluding hydrogens is 472 g/mol. The molecular formula is C21H36N2O8S2. The Labute approximate surface area is 203 Å². The number of hydrogen-bond acceptors (Lipinski definition) is 9. The Morgan fingerprint density at radius 1 is 0.818 bits per heavy atom. The number of methoxy groups -OCH3 is 1. The van der Waals surface area contributed by atoms with E-state index in [1.165, 1.54) is 30.6 Å². The summed E-state index contributed by atoms with van der Waals surface area (Å²) in [6.45, 7) is 10.3. The molecule has 0 fully saturated rings. The first-order valence-corrected chi connectivity index (χ1v) is 12.6. The maximum absolute atomic E-state index is 11.9. The fourth-order valence-corrected chi connectivity index (χ4v) is 3.76. The smallest absolute Gasteiger partial charge is 0.408 e. The molecule has 0 aromatic carbocycles. The lowest BCUT2D eigenvalue weighted by atomic mass is 10.2. The zero-order valence-corrected chi connectivity index (χ0v) is 21.9. The molecule has 190 valence electrons. The zero-order chi connectivity index (χ0) is 25.7. The number of nitrogens with one attached hydrogen (secondary N) is 2. The van der Waals surface area contributed by atoms with Gasteiger partial charge in [0.25, 0.3) is 0 Å². The van der Waals surface area contributed by atoms with Crippen molar-refractivity contribution in [2.24, 2.45) is 0 Å². The number of carboxylic acids is 1. The van der Waals surface area contributed by atoms with Gasteiger partial charge in [0.05, 0.1) is 7.11 Å². The molecule has 0 spiro atoms. The van der Waals surface area contributed by atoms with Gasteiger partial charge in [-0.3, -0.25) is 0 Å². The quantitative estimate of drug-likeness (QED) is 0.156. The largest absolute Gasteiger partial charge is 0.480 e. The molecule has 3 N–H and O–H groups in total. The molecule has 0 aliphatic rings. The van der Waals surface area contributed by atoms with Gasteiger partial charge in [-0.2, -0.15) is 23.5 Å². The summed E-state index contributed by atoms with van der Waals surface area (Å²) in [5, 5.41) is 14.1. The van der Waals surface area contributed by atoms with E-state index in [4.69, 9.17) is 14.2 Å².